The number of rotatable bonds is 14. The van der Waals surface area contributed by atoms with Crippen LogP contribution in [0.15, 0.2) is 0 Å². The van der Waals surface area contributed by atoms with Crippen LogP contribution in [-0.2, 0) is 0 Å². The minimum absolute atomic E-state index is 1.09. The topological polar surface area (TPSA) is 0 Å². The minimum Gasteiger partial charge on any atom is -0.0654 e. The van der Waals surface area contributed by atoms with Crippen molar-refractivity contribution in [3.63, 3.8) is 0 Å². The van der Waals surface area contributed by atoms with E-state index in [1.54, 1.807) is 32.1 Å². The number of hydrogen-bond acceptors (Lipinski definition) is 0. The van der Waals surface area contributed by atoms with E-state index in [1.807, 2.05) is 0 Å². The zero-order chi connectivity index (χ0) is 15.9. The molecule has 0 aliphatic heterocycles. The molecule has 0 spiro atoms. The van der Waals surface area contributed by atoms with E-state index in [0.29, 0.717) is 0 Å². The van der Waals surface area contributed by atoms with E-state index in [2.05, 4.69) is 13.8 Å². The molecule has 0 heterocycles. The second-order valence-electron chi connectivity index (χ2n) is 8.01. The van der Waals surface area contributed by atoms with Gasteiger partial charge >= 0.3 is 0 Å². The van der Waals surface area contributed by atoms with E-state index in [-0.39, 0.29) is 0 Å². The Morgan fingerprint density at radius 2 is 0.955 bits per heavy atom. The van der Waals surface area contributed by atoms with Gasteiger partial charge in [0, 0.05) is 0 Å². The first-order valence-corrected chi connectivity index (χ1v) is 10.9. The van der Waals surface area contributed by atoms with Crippen molar-refractivity contribution in [2.24, 2.45) is 11.8 Å². The van der Waals surface area contributed by atoms with Crippen LogP contribution in [0.4, 0.5) is 0 Å². The first kappa shape index (κ1) is 20.0. The molecule has 1 aliphatic rings. The van der Waals surface area contributed by atoms with Crippen molar-refractivity contribution >= 4 is 0 Å². The van der Waals surface area contributed by atoms with Gasteiger partial charge in [0.2, 0.25) is 0 Å². The molecule has 1 rings (SSSR count). The van der Waals surface area contributed by atoms with Crippen LogP contribution in [0.25, 0.3) is 0 Å². The van der Waals surface area contributed by atoms with Crippen molar-refractivity contribution in [1.29, 1.82) is 0 Å². The molecule has 0 nitrogen and oxygen atoms in total. The maximum atomic E-state index is 2.31. The van der Waals surface area contributed by atoms with Crippen molar-refractivity contribution in [2.75, 3.05) is 0 Å². The molecule has 22 heavy (non-hydrogen) atoms. The summed E-state index contributed by atoms with van der Waals surface area (Å²) in [4.78, 5) is 0. The Hall–Kier alpha value is 0. The van der Waals surface area contributed by atoms with E-state index in [0.717, 1.165) is 11.8 Å². The first-order valence-electron chi connectivity index (χ1n) is 10.9. The Labute approximate surface area is 141 Å². The van der Waals surface area contributed by atoms with Gasteiger partial charge < -0.3 is 0 Å². The van der Waals surface area contributed by atoms with Gasteiger partial charge in [-0.2, -0.15) is 0 Å². The fraction of sp³-hybridized carbons (Fsp3) is 1.00. The summed E-state index contributed by atoms with van der Waals surface area (Å²) in [5, 5.41) is 0. The van der Waals surface area contributed by atoms with Gasteiger partial charge in [-0.1, -0.05) is 123 Å². The third-order valence-corrected chi connectivity index (χ3v) is 5.82. The van der Waals surface area contributed by atoms with Gasteiger partial charge in [-0.3, -0.25) is 0 Å². The zero-order valence-corrected chi connectivity index (χ0v) is 15.9. The molecule has 0 heteroatoms. The van der Waals surface area contributed by atoms with E-state index in [1.165, 1.54) is 83.5 Å². The molecular formula is C22H44. The maximum Gasteiger partial charge on any atom is -0.0412 e. The Balaban J connectivity index is 1.96. The van der Waals surface area contributed by atoms with Gasteiger partial charge in [0.1, 0.15) is 0 Å². The lowest BCUT2D eigenvalue weighted by atomic mass is 9.77. The Morgan fingerprint density at radius 3 is 1.41 bits per heavy atom. The third-order valence-electron chi connectivity index (χ3n) is 5.82. The van der Waals surface area contributed by atoms with E-state index in [9.17, 15) is 0 Å². The van der Waals surface area contributed by atoms with Gasteiger partial charge in [-0.05, 0) is 18.3 Å². The van der Waals surface area contributed by atoms with Crippen molar-refractivity contribution in [3.05, 3.63) is 0 Å². The quantitative estimate of drug-likeness (QED) is 0.283. The summed E-state index contributed by atoms with van der Waals surface area (Å²) in [5.74, 6) is 2.18. The highest BCUT2D eigenvalue weighted by Gasteiger charge is 2.21. The molecule has 0 bridgehead atoms. The second-order valence-corrected chi connectivity index (χ2v) is 8.01. The predicted octanol–water partition coefficient (Wildman–Crippen LogP) is 8.29. The lowest BCUT2D eigenvalue weighted by molar-refractivity contribution is 0.235. The Morgan fingerprint density at radius 1 is 0.545 bits per heavy atom. The average molecular weight is 309 g/mol. The van der Waals surface area contributed by atoms with Crippen LogP contribution in [0, 0.1) is 11.8 Å². The molecular weight excluding hydrogens is 264 g/mol. The van der Waals surface area contributed by atoms with Gasteiger partial charge in [-0.15, -0.1) is 0 Å². The molecule has 0 N–H and O–H groups in total. The third kappa shape index (κ3) is 10.7. The number of hydrogen-bond donors (Lipinski definition) is 0. The lowest BCUT2D eigenvalue weighted by Crippen LogP contribution is -2.15. The van der Waals surface area contributed by atoms with Crippen molar-refractivity contribution in [3.8, 4) is 0 Å². The van der Waals surface area contributed by atoms with Crippen LogP contribution in [0.2, 0.25) is 0 Å². The molecule has 0 aromatic heterocycles. The summed E-state index contributed by atoms with van der Waals surface area (Å²) in [6, 6.07) is 0. The molecule has 2 unspecified atom stereocenters. The highest BCUT2D eigenvalue weighted by Crippen LogP contribution is 2.35. The van der Waals surface area contributed by atoms with Gasteiger partial charge in [-0.25, -0.2) is 0 Å². The van der Waals surface area contributed by atoms with E-state index >= 15 is 0 Å². The molecule has 1 aliphatic carbocycles. The standard InChI is InChI=1S/C22H44/c1-3-5-7-9-11-13-16-21-18-15-19-22(20-21)17-14-12-10-8-6-4-2/h21-22H,3-20H2,1-2H3. The average Bonchev–Trinajstić information content (AvgIpc) is 2.54. The van der Waals surface area contributed by atoms with E-state index in [4.69, 9.17) is 0 Å². The maximum absolute atomic E-state index is 2.31. The number of unbranched alkanes of at least 4 members (excludes halogenated alkanes) is 10. The molecule has 0 aromatic carbocycles. The van der Waals surface area contributed by atoms with Crippen LogP contribution >= 0.6 is 0 Å². The second kappa shape index (κ2) is 14.6. The van der Waals surface area contributed by atoms with Crippen LogP contribution in [0.5, 0.6) is 0 Å². The molecule has 132 valence electrons. The summed E-state index contributed by atoms with van der Waals surface area (Å²) >= 11 is 0. The monoisotopic (exact) mass is 308 g/mol. The van der Waals surface area contributed by atoms with Crippen LogP contribution in [0.1, 0.15) is 129 Å². The van der Waals surface area contributed by atoms with Crippen LogP contribution in [0.3, 0.4) is 0 Å². The van der Waals surface area contributed by atoms with Crippen molar-refractivity contribution in [2.45, 2.75) is 129 Å². The van der Waals surface area contributed by atoms with Crippen LogP contribution in [-0.4, -0.2) is 0 Å². The van der Waals surface area contributed by atoms with Gasteiger partial charge in [0.05, 0.1) is 0 Å². The summed E-state index contributed by atoms with van der Waals surface area (Å²) in [7, 11) is 0. The molecule has 0 radical (unpaired) electrons. The Bertz CT molecular complexity index is 198. The SMILES string of the molecule is CCCCCCCCC1CCCC(CCCCCCCC)C1. The molecule has 0 amide bonds. The predicted molar refractivity (Wildman–Crippen MR) is 101 cm³/mol. The molecule has 1 fully saturated rings. The molecule has 0 aromatic rings. The highest BCUT2D eigenvalue weighted by atomic mass is 14.3. The largest absolute Gasteiger partial charge is 0.0654 e. The fourth-order valence-electron chi connectivity index (χ4n) is 4.35. The Kier molecular flexibility index (Phi) is 13.3. The zero-order valence-electron chi connectivity index (χ0n) is 15.9. The smallest absolute Gasteiger partial charge is 0.0412 e. The molecule has 1 saturated carbocycles. The normalized spacial score (nSPS) is 22.1. The first-order chi connectivity index (χ1) is 10.9. The highest BCUT2D eigenvalue weighted by molar-refractivity contribution is 4.73. The van der Waals surface area contributed by atoms with Crippen LogP contribution < -0.4 is 0 Å². The van der Waals surface area contributed by atoms with Crippen molar-refractivity contribution in [1.82, 2.24) is 0 Å². The summed E-state index contributed by atoms with van der Waals surface area (Å²) in [5.41, 5.74) is 0. The molecule has 0 saturated heterocycles. The van der Waals surface area contributed by atoms with Crippen molar-refractivity contribution < 1.29 is 0 Å². The minimum atomic E-state index is 1.09. The van der Waals surface area contributed by atoms with Gasteiger partial charge in [0.25, 0.3) is 0 Å². The van der Waals surface area contributed by atoms with Gasteiger partial charge in [0.15, 0.2) is 0 Å². The summed E-state index contributed by atoms with van der Waals surface area (Å²) < 4.78 is 0. The lowest BCUT2D eigenvalue weighted by Gasteiger charge is -2.29. The molecule has 2 atom stereocenters. The summed E-state index contributed by atoms with van der Waals surface area (Å²) in [6.45, 7) is 4.62. The fourth-order valence-corrected chi connectivity index (χ4v) is 4.35. The van der Waals surface area contributed by atoms with E-state index < -0.39 is 0 Å². The summed E-state index contributed by atoms with van der Waals surface area (Å²) in [6.07, 6.45) is 26.9.